The van der Waals surface area contributed by atoms with E-state index < -0.39 is 16.0 Å². The number of aliphatic hydroxyl groups is 1. The standard InChI is InChI=1S/C10H9ClN4O5/c11-4-7(16)5-13-10(15(19)20)8-2-1-6(14(17)18)3-9(8)12-13/h1-3,7,16H,4-5H2. The van der Waals surface area contributed by atoms with Crippen LogP contribution < -0.4 is 0 Å². The topological polar surface area (TPSA) is 124 Å². The lowest BCUT2D eigenvalue weighted by Gasteiger charge is -2.03. The Labute approximate surface area is 116 Å². The quantitative estimate of drug-likeness (QED) is 0.506. The van der Waals surface area contributed by atoms with Crippen molar-refractivity contribution in [2.75, 3.05) is 5.88 Å². The van der Waals surface area contributed by atoms with Gasteiger partial charge in [0, 0.05) is 12.1 Å². The van der Waals surface area contributed by atoms with Crippen LogP contribution >= 0.6 is 11.6 Å². The maximum atomic E-state index is 11.1. The summed E-state index contributed by atoms with van der Waals surface area (Å²) in [5, 5.41) is 35.3. The summed E-state index contributed by atoms with van der Waals surface area (Å²) in [6, 6.07) is 3.58. The van der Waals surface area contributed by atoms with E-state index in [1.807, 2.05) is 0 Å². The molecule has 20 heavy (non-hydrogen) atoms. The monoisotopic (exact) mass is 300 g/mol. The number of hydrogen-bond donors (Lipinski definition) is 1. The lowest BCUT2D eigenvalue weighted by Crippen LogP contribution is -2.19. The van der Waals surface area contributed by atoms with Gasteiger partial charge in [0.05, 0.1) is 10.8 Å². The number of halogens is 1. The Morgan fingerprint density at radius 1 is 1.35 bits per heavy atom. The van der Waals surface area contributed by atoms with Gasteiger partial charge in [0.25, 0.3) is 5.69 Å². The molecule has 0 aliphatic rings. The van der Waals surface area contributed by atoms with Gasteiger partial charge in [-0.2, -0.15) is 0 Å². The largest absolute Gasteiger partial charge is 0.388 e. The smallest absolute Gasteiger partial charge is 0.352 e. The summed E-state index contributed by atoms with van der Waals surface area (Å²) in [6.45, 7) is -0.164. The van der Waals surface area contributed by atoms with E-state index in [1.54, 1.807) is 0 Å². The normalized spacial score (nSPS) is 12.5. The second kappa shape index (κ2) is 5.39. The average molecular weight is 301 g/mol. The van der Waals surface area contributed by atoms with E-state index in [0.717, 1.165) is 10.7 Å². The minimum atomic E-state index is -1.00. The van der Waals surface area contributed by atoms with Crippen molar-refractivity contribution in [3.8, 4) is 0 Å². The molecule has 0 saturated heterocycles. The molecule has 1 unspecified atom stereocenters. The Balaban J connectivity index is 2.59. The molecular weight excluding hydrogens is 292 g/mol. The minimum absolute atomic E-state index is 0.104. The van der Waals surface area contributed by atoms with Crippen LogP contribution in [0.5, 0.6) is 0 Å². The van der Waals surface area contributed by atoms with E-state index in [9.17, 15) is 25.3 Å². The summed E-state index contributed by atoms with van der Waals surface area (Å²) >= 11 is 5.45. The fourth-order valence-electron chi connectivity index (χ4n) is 1.79. The lowest BCUT2D eigenvalue weighted by atomic mass is 10.2. The number of aliphatic hydroxyl groups excluding tert-OH is 1. The van der Waals surface area contributed by atoms with E-state index >= 15 is 0 Å². The van der Waals surface area contributed by atoms with E-state index in [2.05, 4.69) is 5.10 Å². The van der Waals surface area contributed by atoms with Crippen LogP contribution in [0.3, 0.4) is 0 Å². The predicted molar refractivity (Wildman–Crippen MR) is 69.8 cm³/mol. The molecule has 0 aliphatic carbocycles. The molecule has 9 nitrogen and oxygen atoms in total. The van der Waals surface area contributed by atoms with Gasteiger partial charge in [-0.1, -0.05) is 5.10 Å². The van der Waals surface area contributed by atoms with Gasteiger partial charge in [-0.15, -0.1) is 16.3 Å². The van der Waals surface area contributed by atoms with Crippen molar-refractivity contribution in [1.82, 2.24) is 9.78 Å². The van der Waals surface area contributed by atoms with Gasteiger partial charge < -0.3 is 15.2 Å². The molecule has 0 bridgehead atoms. The Kier molecular flexibility index (Phi) is 3.81. The minimum Gasteiger partial charge on any atom is -0.388 e. The molecule has 1 aromatic carbocycles. The van der Waals surface area contributed by atoms with Crippen LogP contribution in [0, 0.1) is 20.2 Å². The second-order valence-electron chi connectivity index (χ2n) is 4.03. The van der Waals surface area contributed by atoms with Gasteiger partial charge in [0.1, 0.15) is 23.6 Å². The van der Waals surface area contributed by atoms with Crippen LogP contribution in [-0.2, 0) is 6.54 Å². The highest BCUT2D eigenvalue weighted by atomic mass is 35.5. The number of nitro groups is 2. The zero-order valence-corrected chi connectivity index (χ0v) is 10.7. The molecule has 1 heterocycles. The van der Waals surface area contributed by atoms with Crippen molar-refractivity contribution < 1.29 is 15.0 Å². The number of rotatable bonds is 5. The summed E-state index contributed by atoms with van der Waals surface area (Å²) in [7, 11) is 0. The highest BCUT2D eigenvalue weighted by Crippen LogP contribution is 2.28. The van der Waals surface area contributed by atoms with E-state index in [0.29, 0.717) is 0 Å². The molecule has 1 atom stereocenters. The van der Waals surface area contributed by atoms with Gasteiger partial charge in [-0.05, 0) is 11.0 Å². The fraction of sp³-hybridized carbons (Fsp3) is 0.300. The van der Waals surface area contributed by atoms with Crippen molar-refractivity contribution in [3.63, 3.8) is 0 Å². The molecule has 0 saturated carbocycles. The highest BCUT2D eigenvalue weighted by Gasteiger charge is 2.25. The molecule has 0 amide bonds. The molecule has 10 heteroatoms. The Morgan fingerprint density at radius 3 is 2.60 bits per heavy atom. The van der Waals surface area contributed by atoms with Crippen molar-refractivity contribution in [3.05, 3.63) is 38.4 Å². The van der Waals surface area contributed by atoms with Gasteiger partial charge in [0.2, 0.25) is 0 Å². The number of aromatic nitrogens is 2. The summed E-state index contributed by atoms with van der Waals surface area (Å²) in [6.07, 6.45) is -1.00. The first-order chi connectivity index (χ1) is 9.43. The molecule has 106 valence electrons. The maximum Gasteiger partial charge on any atom is 0.352 e. The summed E-state index contributed by atoms with van der Waals surface area (Å²) < 4.78 is 0.988. The number of non-ortho nitro benzene ring substituents is 1. The molecule has 1 N–H and O–H groups in total. The number of alkyl halides is 1. The summed E-state index contributed by atoms with van der Waals surface area (Å²) in [5.74, 6) is -0.438. The third-order valence-electron chi connectivity index (χ3n) is 2.64. The van der Waals surface area contributed by atoms with Gasteiger partial charge in [-0.25, -0.2) is 0 Å². The zero-order valence-electron chi connectivity index (χ0n) is 9.97. The van der Waals surface area contributed by atoms with Gasteiger partial charge >= 0.3 is 5.82 Å². The number of nitro benzene ring substituents is 1. The number of nitrogens with zero attached hydrogens (tertiary/aromatic N) is 4. The first-order valence-electron chi connectivity index (χ1n) is 5.47. The van der Waals surface area contributed by atoms with Crippen molar-refractivity contribution >= 4 is 34.0 Å². The third-order valence-corrected chi connectivity index (χ3v) is 3.00. The Morgan fingerprint density at radius 2 is 2.05 bits per heavy atom. The van der Waals surface area contributed by atoms with Crippen LogP contribution in [0.25, 0.3) is 10.9 Å². The van der Waals surface area contributed by atoms with Crippen molar-refractivity contribution in [2.24, 2.45) is 0 Å². The van der Waals surface area contributed by atoms with Crippen LogP contribution in [-0.4, -0.2) is 36.7 Å². The molecule has 0 radical (unpaired) electrons. The van der Waals surface area contributed by atoms with Gasteiger partial charge in [0.15, 0.2) is 0 Å². The summed E-state index contributed by atoms with van der Waals surface area (Å²) in [5.41, 5.74) is -0.0948. The first kappa shape index (κ1) is 14.2. The Hall–Kier alpha value is -2.26. The molecule has 2 aromatic rings. The molecular formula is C10H9ClN4O5. The maximum absolute atomic E-state index is 11.1. The van der Waals surface area contributed by atoms with E-state index in [-0.39, 0.29) is 34.8 Å². The number of hydrogen-bond acceptors (Lipinski definition) is 6. The predicted octanol–water partition coefficient (Wildman–Crippen LogP) is 1.45. The van der Waals surface area contributed by atoms with Crippen molar-refractivity contribution in [1.29, 1.82) is 0 Å². The fourth-order valence-corrected chi connectivity index (χ4v) is 1.89. The Bertz CT molecular complexity index is 686. The zero-order chi connectivity index (χ0) is 14.9. The number of benzene rings is 1. The SMILES string of the molecule is O=[N+]([O-])c1ccc2c([N+](=O)[O-])n(CC(O)CCl)nc2c1. The average Bonchev–Trinajstić information content (AvgIpc) is 2.74. The van der Waals surface area contributed by atoms with E-state index in [4.69, 9.17) is 11.6 Å². The molecule has 0 fully saturated rings. The van der Waals surface area contributed by atoms with Crippen LogP contribution in [0.1, 0.15) is 0 Å². The van der Waals surface area contributed by atoms with Crippen LogP contribution in [0.15, 0.2) is 18.2 Å². The summed E-state index contributed by atoms with van der Waals surface area (Å²) in [4.78, 5) is 20.5. The van der Waals surface area contributed by atoms with Crippen molar-refractivity contribution in [2.45, 2.75) is 12.6 Å². The number of fused-ring (bicyclic) bond motifs is 1. The lowest BCUT2D eigenvalue weighted by molar-refractivity contribution is -0.391. The molecule has 0 spiro atoms. The second-order valence-corrected chi connectivity index (χ2v) is 4.34. The third kappa shape index (κ3) is 2.53. The van der Waals surface area contributed by atoms with Crippen LogP contribution in [0.2, 0.25) is 0 Å². The molecule has 2 rings (SSSR count). The van der Waals surface area contributed by atoms with Crippen LogP contribution in [0.4, 0.5) is 11.5 Å². The van der Waals surface area contributed by atoms with E-state index in [1.165, 1.54) is 12.1 Å². The van der Waals surface area contributed by atoms with Gasteiger partial charge in [-0.3, -0.25) is 10.1 Å². The highest BCUT2D eigenvalue weighted by molar-refractivity contribution is 6.18. The first-order valence-corrected chi connectivity index (χ1v) is 6.01. The molecule has 0 aliphatic heterocycles. The molecule has 1 aromatic heterocycles.